The lowest BCUT2D eigenvalue weighted by molar-refractivity contribution is 0.836. The van der Waals surface area contributed by atoms with Crippen molar-refractivity contribution < 1.29 is 0 Å². The SMILES string of the molecule is CC(C)c1cccc(C(C)C)c1-c1cc(-c2cc(SI)cc(-c3cc(-c4c(C(C)C)cccc4C(C)C)cc(-c4c(C(C)C)cccc4C(C)C)c3)c2)cc(-c2c(C(C)C)cccc2C(C)C)c1. The summed E-state index contributed by atoms with van der Waals surface area (Å²) in [5.41, 5.74) is 27.0. The molecule has 0 saturated heterocycles. The first kappa shape index (κ1) is 51.5. The normalized spacial score (nSPS) is 12.1. The summed E-state index contributed by atoms with van der Waals surface area (Å²) in [6.45, 7) is 37.6. The average Bonchev–Trinajstić information content (AvgIpc) is 3.32. The lowest BCUT2D eigenvalue weighted by atomic mass is 9.80. The van der Waals surface area contributed by atoms with Crippen molar-refractivity contribution in [1.29, 1.82) is 0 Å². The Morgan fingerprint density at radius 2 is 0.412 bits per heavy atom. The van der Waals surface area contributed by atoms with Crippen LogP contribution in [0.2, 0.25) is 0 Å². The van der Waals surface area contributed by atoms with E-state index in [2.05, 4.69) is 259 Å². The molecule has 0 N–H and O–H groups in total. The first-order valence-corrected chi connectivity index (χ1v) is 28.9. The molecule has 0 fully saturated rings. The molecule has 7 aromatic carbocycles. The van der Waals surface area contributed by atoms with Gasteiger partial charge in [0.1, 0.15) is 0 Å². The van der Waals surface area contributed by atoms with Gasteiger partial charge in [-0.3, -0.25) is 0 Å². The molecule has 7 rings (SSSR count). The van der Waals surface area contributed by atoms with Crippen molar-refractivity contribution >= 4 is 30.1 Å². The van der Waals surface area contributed by atoms with Gasteiger partial charge in [0.2, 0.25) is 0 Å². The Morgan fingerprint density at radius 3 is 0.588 bits per heavy atom. The summed E-state index contributed by atoms with van der Waals surface area (Å²) in [4.78, 5) is 1.25. The highest BCUT2D eigenvalue weighted by Gasteiger charge is 2.24. The van der Waals surface area contributed by atoms with Crippen molar-refractivity contribution in [3.05, 3.63) is 172 Å². The molecule has 0 heterocycles. The van der Waals surface area contributed by atoms with Gasteiger partial charge < -0.3 is 0 Å². The molecule has 0 saturated carbocycles. The van der Waals surface area contributed by atoms with Crippen molar-refractivity contribution in [2.75, 3.05) is 0 Å². The first-order chi connectivity index (χ1) is 32.3. The van der Waals surface area contributed by atoms with E-state index in [9.17, 15) is 0 Å². The maximum Gasteiger partial charge on any atom is 0.0191 e. The Morgan fingerprint density at radius 1 is 0.250 bits per heavy atom. The zero-order valence-corrected chi connectivity index (χ0v) is 47.0. The third kappa shape index (κ3) is 10.7. The van der Waals surface area contributed by atoms with E-state index in [1.54, 1.807) is 0 Å². The predicted octanol–water partition coefficient (Wildman–Crippen LogP) is 22.1. The number of halogens is 1. The predicted molar refractivity (Wildman–Crippen MR) is 312 cm³/mol. The maximum absolute atomic E-state index is 2.52. The van der Waals surface area contributed by atoms with Gasteiger partial charge in [0.15, 0.2) is 0 Å². The molecule has 0 bridgehead atoms. The van der Waals surface area contributed by atoms with Crippen LogP contribution in [0.25, 0.3) is 66.8 Å². The maximum atomic E-state index is 2.52. The summed E-state index contributed by atoms with van der Waals surface area (Å²) in [5.74, 6) is 3.04. The van der Waals surface area contributed by atoms with Crippen molar-refractivity contribution in [2.45, 2.75) is 163 Å². The zero-order chi connectivity index (χ0) is 49.3. The van der Waals surface area contributed by atoms with Gasteiger partial charge in [0.25, 0.3) is 0 Å². The van der Waals surface area contributed by atoms with Crippen LogP contribution in [-0.2, 0) is 0 Å². The number of rotatable bonds is 15. The largest absolute Gasteiger partial charge is 0.0617 e. The Bertz CT molecular complexity index is 2440. The third-order valence-corrected chi connectivity index (χ3v) is 16.1. The van der Waals surface area contributed by atoms with Crippen LogP contribution in [0.15, 0.2) is 132 Å². The van der Waals surface area contributed by atoms with Crippen LogP contribution in [0, 0.1) is 0 Å². The molecule has 354 valence electrons. The molecule has 7 aromatic rings. The van der Waals surface area contributed by atoms with Crippen LogP contribution in [0.3, 0.4) is 0 Å². The summed E-state index contributed by atoms with van der Waals surface area (Å²) in [6.07, 6.45) is 0. The zero-order valence-electron chi connectivity index (χ0n) is 44.0. The molecule has 0 unspecified atom stereocenters. The van der Waals surface area contributed by atoms with Gasteiger partial charge in [-0.1, -0.05) is 193 Å². The van der Waals surface area contributed by atoms with E-state index in [-0.39, 0.29) is 0 Å². The molecule has 0 aliphatic rings. The Kier molecular flexibility index (Phi) is 16.4. The second kappa shape index (κ2) is 21.7. The summed E-state index contributed by atoms with van der Waals surface area (Å²) in [6, 6.07) is 50.4. The second-order valence-electron chi connectivity index (χ2n) is 21.9. The van der Waals surface area contributed by atoms with Gasteiger partial charge in [-0.2, -0.15) is 0 Å². The van der Waals surface area contributed by atoms with E-state index in [1.807, 2.05) is 8.93 Å². The van der Waals surface area contributed by atoms with Crippen molar-refractivity contribution in [1.82, 2.24) is 0 Å². The van der Waals surface area contributed by atoms with Crippen LogP contribution >= 0.6 is 30.1 Å². The minimum atomic E-state index is 0.380. The van der Waals surface area contributed by atoms with Gasteiger partial charge in [0.05, 0.1) is 0 Å². The minimum absolute atomic E-state index is 0.380. The molecular weight excluding hydrogens is 952 g/mol. The van der Waals surface area contributed by atoms with Crippen LogP contribution in [0.5, 0.6) is 0 Å². The van der Waals surface area contributed by atoms with E-state index in [1.165, 1.54) is 116 Å². The summed E-state index contributed by atoms with van der Waals surface area (Å²) >= 11 is 2.50. The number of hydrogen-bond acceptors (Lipinski definition) is 1. The first-order valence-electron chi connectivity index (χ1n) is 25.6. The van der Waals surface area contributed by atoms with Crippen LogP contribution in [0.4, 0.5) is 0 Å². The van der Waals surface area contributed by atoms with Crippen molar-refractivity contribution in [3.63, 3.8) is 0 Å². The quantitative estimate of drug-likeness (QED) is 0.0923. The number of benzene rings is 7. The summed E-state index contributed by atoms with van der Waals surface area (Å²) in [7, 11) is 1.81. The van der Waals surface area contributed by atoms with E-state index in [4.69, 9.17) is 0 Å². The van der Waals surface area contributed by atoms with Gasteiger partial charge in [-0.05, 0) is 213 Å². The second-order valence-corrected chi connectivity index (χ2v) is 23.9. The molecule has 68 heavy (non-hydrogen) atoms. The average molecular weight is 1030 g/mol. The van der Waals surface area contributed by atoms with Crippen LogP contribution in [-0.4, -0.2) is 0 Å². The molecule has 0 atom stereocenters. The highest BCUT2D eigenvalue weighted by molar-refractivity contribution is 14.2. The minimum Gasteiger partial charge on any atom is -0.0617 e. The topological polar surface area (TPSA) is 0 Å². The fourth-order valence-corrected chi connectivity index (χ4v) is 11.8. The lowest BCUT2D eigenvalue weighted by Crippen LogP contribution is -2.03. The van der Waals surface area contributed by atoms with Crippen molar-refractivity contribution in [3.8, 4) is 66.8 Å². The monoisotopic (exact) mass is 1030 g/mol. The standard InChI is InChI=1S/C66H77IS/c1-38(2)55-21-17-22-56(39(3)4)63(55)50-30-46(31-51(34-50)64-57(40(5)6)23-18-24-58(64)41(7)8)48-29-49(37-54(36-48)68-67)47-32-52(65-59(42(9)10)25-19-26-60(65)43(11)12)35-53(33-47)66-61(44(13)14)27-20-28-62(66)45(15)16/h17-45H,1-16H3. The molecule has 2 heteroatoms. The highest BCUT2D eigenvalue weighted by atomic mass is 127. The van der Waals surface area contributed by atoms with E-state index in [0.717, 1.165) is 0 Å². The fraction of sp³-hybridized carbons (Fsp3) is 0.364. The molecule has 0 amide bonds. The van der Waals surface area contributed by atoms with E-state index in [0.29, 0.717) is 47.3 Å². The van der Waals surface area contributed by atoms with Gasteiger partial charge in [-0.15, -0.1) is 0 Å². The third-order valence-electron chi connectivity index (χ3n) is 14.2. The Balaban J connectivity index is 1.60. The summed E-state index contributed by atoms with van der Waals surface area (Å²) in [5, 5.41) is 0. The molecular formula is C66H77IS. The number of hydrogen-bond donors (Lipinski definition) is 0. The molecule has 0 spiro atoms. The highest BCUT2D eigenvalue weighted by Crippen LogP contribution is 2.47. The van der Waals surface area contributed by atoms with Gasteiger partial charge in [-0.25, -0.2) is 0 Å². The molecule has 0 aliphatic heterocycles. The summed E-state index contributed by atoms with van der Waals surface area (Å²) < 4.78 is 0. The van der Waals surface area contributed by atoms with Crippen molar-refractivity contribution in [2.24, 2.45) is 0 Å². The Hall–Kier alpha value is -4.38. The molecule has 0 aliphatic carbocycles. The van der Waals surface area contributed by atoms with Crippen LogP contribution < -0.4 is 0 Å². The van der Waals surface area contributed by atoms with Crippen LogP contribution in [0.1, 0.15) is 203 Å². The lowest BCUT2D eigenvalue weighted by Gasteiger charge is -2.24. The van der Waals surface area contributed by atoms with E-state index < -0.39 is 0 Å². The molecule has 0 radical (unpaired) electrons. The smallest absolute Gasteiger partial charge is 0.0191 e. The van der Waals surface area contributed by atoms with E-state index >= 15 is 0 Å². The van der Waals surface area contributed by atoms with Gasteiger partial charge in [0, 0.05) is 26.1 Å². The fourth-order valence-electron chi connectivity index (χ4n) is 10.7. The van der Waals surface area contributed by atoms with Gasteiger partial charge >= 0.3 is 0 Å². The molecule has 0 nitrogen and oxygen atoms in total. The molecule has 0 aromatic heterocycles. The Labute approximate surface area is 428 Å².